The number of pyridine rings is 1. The second-order valence-corrected chi connectivity index (χ2v) is 3.38. The van der Waals surface area contributed by atoms with Crippen molar-refractivity contribution in [1.29, 1.82) is 0 Å². The van der Waals surface area contributed by atoms with Crippen molar-refractivity contribution in [3.05, 3.63) is 47.8 Å². The smallest absolute Gasteiger partial charge is 0.141 e. The van der Waals surface area contributed by atoms with Crippen molar-refractivity contribution in [2.24, 2.45) is 0 Å². The van der Waals surface area contributed by atoms with Gasteiger partial charge in [0.05, 0.1) is 17.6 Å². The van der Waals surface area contributed by atoms with Crippen molar-refractivity contribution < 1.29 is 9.50 Å². The van der Waals surface area contributed by atoms with E-state index in [1.165, 1.54) is 12.1 Å². The van der Waals surface area contributed by atoms with Crippen LogP contribution in [0, 0.1) is 5.82 Å². The van der Waals surface area contributed by atoms with Crippen LogP contribution in [0.2, 0.25) is 0 Å². The fourth-order valence-corrected chi connectivity index (χ4v) is 1.54. The number of nitrogens with zero attached hydrogens (tertiary/aromatic N) is 3. The molecule has 0 amide bonds. The number of hydrogen-bond donors (Lipinski definition) is 1. The summed E-state index contributed by atoms with van der Waals surface area (Å²) in [6, 6.07) is 4.46. The van der Waals surface area contributed by atoms with Crippen molar-refractivity contribution in [3.63, 3.8) is 0 Å². The van der Waals surface area contributed by atoms with Gasteiger partial charge < -0.3 is 5.11 Å². The second kappa shape index (κ2) is 4.40. The molecule has 1 atom stereocenters. The van der Waals surface area contributed by atoms with E-state index >= 15 is 0 Å². The minimum atomic E-state index is -0.872. The highest BCUT2D eigenvalue weighted by Gasteiger charge is 2.15. The molecule has 0 saturated carbocycles. The molecular weight excluding hydrogens is 209 g/mol. The van der Waals surface area contributed by atoms with Gasteiger partial charge in [-0.1, -0.05) is 0 Å². The summed E-state index contributed by atoms with van der Waals surface area (Å²) >= 11 is 0. The van der Waals surface area contributed by atoms with E-state index in [9.17, 15) is 9.50 Å². The van der Waals surface area contributed by atoms with E-state index in [1.54, 1.807) is 16.9 Å². The summed E-state index contributed by atoms with van der Waals surface area (Å²) in [5, 5.41) is 14.1. The van der Waals surface area contributed by atoms with Crippen LogP contribution in [0.4, 0.5) is 4.39 Å². The molecule has 1 unspecified atom stereocenters. The lowest BCUT2D eigenvalue weighted by molar-refractivity contribution is 0.203. The highest BCUT2D eigenvalue weighted by molar-refractivity contribution is 5.19. The van der Waals surface area contributed by atoms with Crippen molar-refractivity contribution in [1.82, 2.24) is 14.8 Å². The Morgan fingerprint density at radius 3 is 2.88 bits per heavy atom. The number of hydrogen-bond acceptors (Lipinski definition) is 3. The molecule has 0 saturated heterocycles. The van der Waals surface area contributed by atoms with E-state index in [4.69, 9.17) is 0 Å². The van der Waals surface area contributed by atoms with Crippen molar-refractivity contribution in [2.45, 2.75) is 19.6 Å². The molecule has 5 heteroatoms. The van der Waals surface area contributed by atoms with Crippen LogP contribution in [0.3, 0.4) is 0 Å². The van der Waals surface area contributed by atoms with Crippen molar-refractivity contribution in [2.75, 3.05) is 0 Å². The Bertz CT molecular complexity index is 466. The molecular formula is C11H12FN3O. The zero-order chi connectivity index (χ0) is 11.5. The van der Waals surface area contributed by atoms with Gasteiger partial charge in [-0.05, 0) is 25.1 Å². The second-order valence-electron chi connectivity index (χ2n) is 3.38. The lowest BCUT2D eigenvalue weighted by Crippen LogP contribution is -2.10. The molecule has 0 bridgehead atoms. The number of rotatable bonds is 3. The standard InChI is InChI=1S/C11H12FN3O/c1-2-15-10(5-6-14-15)11(16)9-4-3-8(12)7-13-9/h3-7,11,16H,2H2,1H3. The maximum absolute atomic E-state index is 12.7. The number of aryl methyl sites for hydroxylation is 1. The number of halogens is 1. The SMILES string of the molecule is CCn1nccc1C(O)c1ccc(F)cn1. The molecule has 1 N–H and O–H groups in total. The van der Waals surface area contributed by atoms with Crippen molar-refractivity contribution >= 4 is 0 Å². The van der Waals surface area contributed by atoms with Gasteiger partial charge in [-0.15, -0.1) is 0 Å². The molecule has 16 heavy (non-hydrogen) atoms. The minimum absolute atomic E-state index is 0.414. The fourth-order valence-electron chi connectivity index (χ4n) is 1.54. The Hall–Kier alpha value is -1.75. The Morgan fingerprint density at radius 2 is 2.25 bits per heavy atom. The van der Waals surface area contributed by atoms with E-state index in [0.717, 1.165) is 6.20 Å². The highest BCUT2D eigenvalue weighted by atomic mass is 19.1. The van der Waals surface area contributed by atoms with Gasteiger partial charge in [-0.2, -0.15) is 5.10 Å². The third-order valence-corrected chi connectivity index (χ3v) is 2.36. The lowest BCUT2D eigenvalue weighted by atomic mass is 10.1. The molecule has 84 valence electrons. The van der Waals surface area contributed by atoms with Gasteiger partial charge >= 0.3 is 0 Å². The number of aliphatic hydroxyl groups is 1. The normalized spacial score (nSPS) is 12.7. The summed E-state index contributed by atoms with van der Waals surface area (Å²) in [6.07, 6.45) is 1.83. The largest absolute Gasteiger partial charge is 0.380 e. The first-order valence-corrected chi connectivity index (χ1v) is 5.03. The third kappa shape index (κ3) is 1.94. The van der Waals surface area contributed by atoms with Crippen LogP contribution in [0.25, 0.3) is 0 Å². The average molecular weight is 221 g/mol. The third-order valence-electron chi connectivity index (χ3n) is 2.36. The summed E-state index contributed by atoms with van der Waals surface area (Å²) in [6.45, 7) is 2.60. The van der Waals surface area contributed by atoms with Crippen LogP contribution < -0.4 is 0 Å². The van der Waals surface area contributed by atoms with Gasteiger partial charge in [0, 0.05) is 12.7 Å². The molecule has 0 spiro atoms. The maximum atomic E-state index is 12.7. The first-order valence-electron chi connectivity index (χ1n) is 5.03. The molecule has 2 heterocycles. The molecule has 2 aromatic rings. The molecule has 4 nitrogen and oxygen atoms in total. The Balaban J connectivity index is 2.31. The van der Waals surface area contributed by atoms with Crippen molar-refractivity contribution in [3.8, 4) is 0 Å². The molecule has 0 aromatic carbocycles. The topological polar surface area (TPSA) is 50.9 Å². The first-order chi connectivity index (χ1) is 7.72. The summed E-state index contributed by atoms with van der Waals surface area (Å²) in [5.74, 6) is -0.417. The van der Waals surface area contributed by atoms with Gasteiger partial charge in [-0.25, -0.2) is 4.39 Å². The van der Waals surface area contributed by atoms with Gasteiger partial charge in [0.25, 0.3) is 0 Å². The van der Waals surface area contributed by atoms with Crippen LogP contribution in [0.1, 0.15) is 24.4 Å². The van der Waals surface area contributed by atoms with Crippen LogP contribution >= 0.6 is 0 Å². The predicted molar refractivity (Wildman–Crippen MR) is 56.2 cm³/mol. The first kappa shape index (κ1) is 10.8. The fraction of sp³-hybridized carbons (Fsp3) is 0.273. The Kier molecular flexibility index (Phi) is 2.96. The summed E-state index contributed by atoms with van der Waals surface area (Å²) in [7, 11) is 0. The van der Waals surface area contributed by atoms with Gasteiger partial charge in [0.1, 0.15) is 11.9 Å². The molecule has 0 aliphatic heterocycles. The summed E-state index contributed by atoms with van der Waals surface area (Å²) in [4.78, 5) is 3.84. The van der Waals surface area contributed by atoms with E-state index in [1.807, 2.05) is 6.92 Å². The van der Waals surface area contributed by atoms with Gasteiger partial charge in [0.15, 0.2) is 0 Å². The van der Waals surface area contributed by atoms with E-state index in [2.05, 4.69) is 10.1 Å². The Morgan fingerprint density at radius 1 is 1.44 bits per heavy atom. The zero-order valence-corrected chi connectivity index (χ0v) is 8.84. The minimum Gasteiger partial charge on any atom is -0.380 e. The van der Waals surface area contributed by atoms with E-state index in [0.29, 0.717) is 17.9 Å². The summed E-state index contributed by atoms with van der Waals surface area (Å²) in [5.41, 5.74) is 1.07. The lowest BCUT2D eigenvalue weighted by Gasteiger charge is -2.11. The van der Waals surface area contributed by atoms with Gasteiger partial charge in [-0.3, -0.25) is 9.67 Å². The highest BCUT2D eigenvalue weighted by Crippen LogP contribution is 2.19. The molecule has 0 aliphatic carbocycles. The maximum Gasteiger partial charge on any atom is 0.141 e. The predicted octanol–water partition coefficient (Wildman–Crippen LogP) is 1.52. The van der Waals surface area contributed by atoms with E-state index < -0.39 is 11.9 Å². The zero-order valence-electron chi connectivity index (χ0n) is 8.84. The molecule has 2 rings (SSSR count). The average Bonchev–Trinajstić information content (AvgIpc) is 2.77. The number of aliphatic hydroxyl groups excluding tert-OH is 1. The quantitative estimate of drug-likeness (QED) is 0.854. The molecule has 0 radical (unpaired) electrons. The van der Waals surface area contributed by atoms with Crippen LogP contribution in [0.5, 0.6) is 0 Å². The number of aromatic nitrogens is 3. The molecule has 2 aromatic heterocycles. The van der Waals surface area contributed by atoms with Crippen LogP contribution in [-0.2, 0) is 6.54 Å². The van der Waals surface area contributed by atoms with Crippen LogP contribution in [0.15, 0.2) is 30.6 Å². The van der Waals surface area contributed by atoms with Crippen LogP contribution in [-0.4, -0.2) is 19.9 Å². The monoisotopic (exact) mass is 221 g/mol. The Labute approximate surface area is 92.4 Å². The molecule has 0 fully saturated rings. The van der Waals surface area contributed by atoms with E-state index in [-0.39, 0.29) is 0 Å². The van der Waals surface area contributed by atoms with Gasteiger partial charge in [0.2, 0.25) is 0 Å². The summed E-state index contributed by atoms with van der Waals surface area (Å²) < 4.78 is 14.4. The molecule has 0 aliphatic rings.